The Morgan fingerprint density at radius 2 is 2.44 bits per heavy atom. The molecule has 1 unspecified atom stereocenters. The number of nitrogens with zero attached hydrogens (tertiary/aromatic N) is 2. The van der Waals surface area contributed by atoms with E-state index in [1.54, 1.807) is 6.20 Å². The summed E-state index contributed by atoms with van der Waals surface area (Å²) in [6.07, 6.45) is 6.58. The van der Waals surface area contributed by atoms with E-state index in [1.165, 1.54) is 25.8 Å². The molecule has 90 valence electrons. The zero-order valence-electron chi connectivity index (χ0n) is 9.98. The van der Waals surface area contributed by atoms with Gasteiger partial charge in [0.15, 0.2) is 5.89 Å². The van der Waals surface area contributed by atoms with Gasteiger partial charge >= 0.3 is 0 Å². The monoisotopic (exact) mass is 223 g/mol. The summed E-state index contributed by atoms with van der Waals surface area (Å²) in [5.41, 5.74) is 5.51. The van der Waals surface area contributed by atoms with Crippen LogP contribution >= 0.6 is 0 Å². The number of likely N-dealkylation sites (N-methyl/N-ethyl adjacent to an activating group) is 1. The average Bonchev–Trinajstić information content (AvgIpc) is 2.77. The highest BCUT2D eigenvalue weighted by Crippen LogP contribution is 2.20. The highest BCUT2D eigenvalue weighted by Gasteiger charge is 2.22. The van der Waals surface area contributed by atoms with Gasteiger partial charge in [0.1, 0.15) is 5.76 Å². The third-order valence-electron chi connectivity index (χ3n) is 3.37. The molecule has 1 saturated heterocycles. The first-order valence-corrected chi connectivity index (χ1v) is 6.21. The van der Waals surface area contributed by atoms with Crippen molar-refractivity contribution in [1.82, 2.24) is 9.88 Å². The molecule has 2 heterocycles. The second-order valence-corrected chi connectivity index (χ2v) is 4.41. The molecule has 16 heavy (non-hydrogen) atoms. The molecule has 0 aromatic carbocycles. The first-order chi connectivity index (χ1) is 7.83. The van der Waals surface area contributed by atoms with Gasteiger partial charge in [-0.2, -0.15) is 0 Å². The average molecular weight is 223 g/mol. The van der Waals surface area contributed by atoms with Crippen LogP contribution in [0.2, 0.25) is 0 Å². The van der Waals surface area contributed by atoms with Crippen molar-refractivity contribution >= 4 is 0 Å². The number of aromatic nitrogens is 1. The molecule has 1 fully saturated rings. The maximum absolute atomic E-state index is 5.57. The van der Waals surface area contributed by atoms with E-state index in [0.29, 0.717) is 12.6 Å². The van der Waals surface area contributed by atoms with E-state index < -0.39 is 0 Å². The van der Waals surface area contributed by atoms with Gasteiger partial charge in [-0.1, -0.05) is 13.3 Å². The zero-order valence-corrected chi connectivity index (χ0v) is 9.98. The van der Waals surface area contributed by atoms with Crippen LogP contribution in [0.15, 0.2) is 10.6 Å². The molecule has 0 saturated carbocycles. The Morgan fingerprint density at radius 3 is 3.12 bits per heavy atom. The van der Waals surface area contributed by atoms with Gasteiger partial charge in [-0.05, 0) is 25.9 Å². The van der Waals surface area contributed by atoms with E-state index in [4.69, 9.17) is 10.2 Å². The lowest BCUT2D eigenvalue weighted by atomic mass is 9.99. The molecule has 1 aromatic rings. The van der Waals surface area contributed by atoms with E-state index in [9.17, 15) is 0 Å². The molecule has 0 radical (unpaired) electrons. The fourth-order valence-electron chi connectivity index (χ4n) is 2.45. The van der Waals surface area contributed by atoms with Crippen molar-refractivity contribution in [3.63, 3.8) is 0 Å². The fraction of sp³-hybridized carbons (Fsp3) is 0.750. The Morgan fingerprint density at radius 1 is 1.56 bits per heavy atom. The van der Waals surface area contributed by atoms with E-state index in [-0.39, 0.29) is 0 Å². The standard InChI is InChI=1S/C12H21N3O/c1-2-15-6-4-3-5-10(15)7-12-14-9-11(8-13)16-12/h9-10H,2-8,13H2,1H3. The lowest BCUT2D eigenvalue weighted by Crippen LogP contribution is -2.40. The van der Waals surface area contributed by atoms with Crippen LogP contribution in [0.1, 0.15) is 37.8 Å². The summed E-state index contributed by atoms with van der Waals surface area (Å²) in [6, 6.07) is 0.600. The van der Waals surface area contributed by atoms with Crippen LogP contribution in [0.25, 0.3) is 0 Å². The number of hydrogen-bond donors (Lipinski definition) is 1. The summed E-state index contributed by atoms with van der Waals surface area (Å²) in [4.78, 5) is 6.80. The second-order valence-electron chi connectivity index (χ2n) is 4.41. The lowest BCUT2D eigenvalue weighted by molar-refractivity contribution is 0.148. The normalized spacial score (nSPS) is 22.5. The number of rotatable bonds is 4. The number of hydrogen-bond acceptors (Lipinski definition) is 4. The van der Waals surface area contributed by atoms with Crippen LogP contribution in [0.4, 0.5) is 0 Å². The maximum atomic E-state index is 5.57. The third-order valence-corrected chi connectivity index (χ3v) is 3.37. The molecule has 2 N–H and O–H groups in total. The Labute approximate surface area is 96.8 Å². The minimum absolute atomic E-state index is 0.440. The van der Waals surface area contributed by atoms with Gasteiger partial charge in [-0.3, -0.25) is 0 Å². The molecule has 0 amide bonds. The molecule has 1 atom stereocenters. The van der Waals surface area contributed by atoms with Gasteiger partial charge in [0.2, 0.25) is 0 Å². The summed E-state index contributed by atoms with van der Waals surface area (Å²) in [6.45, 7) is 5.00. The van der Waals surface area contributed by atoms with Crippen molar-refractivity contribution in [2.24, 2.45) is 5.73 Å². The third kappa shape index (κ3) is 2.62. The fourth-order valence-corrected chi connectivity index (χ4v) is 2.45. The SMILES string of the molecule is CCN1CCCCC1Cc1ncc(CN)o1. The molecule has 4 nitrogen and oxygen atoms in total. The number of nitrogens with two attached hydrogens (primary N) is 1. The van der Waals surface area contributed by atoms with Gasteiger partial charge in [0, 0.05) is 12.5 Å². The van der Waals surface area contributed by atoms with Gasteiger partial charge in [0.05, 0.1) is 12.7 Å². The molecule has 1 aliphatic rings. The summed E-state index contributed by atoms with van der Waals surface area (Å²) < 4.78 is 5.57. The molecule has 4 heteroatoms. The highest BCUT2D eigenvalue weighted by atomic mass is 16.4. The highest BCUT2D eigenvalue weighted by molar-refractivity contribution is 4.96. The van der Waals surface area contributed by atoms with Gasteiger partial charge in [0.25, 0.3) is 0 Å². The molecule has 0 aliphatic carbocycles. The topological polar surface area (TPSA) is 55.3 Å². The first-order valence-electron chi connectivity index (χ1n) is 6.21. The second kappa shape index (κ2) is 5.46. The van der Waals surface area contributed by atoms with Crippen LogP contribution in [-0.4, -0.2) is 29.0 Å². The molecular weight excluding hydrogens is 202 g/mol. The molecule has 1 aliphatic heterocycles. The maximum Gasteiger partial charge on any atom is 0.195 e. The predicted molar refractivity (Wildman–Crippen MR) is 63.0 cm³/mol. The van der Waals surface area contributed by atoms with Crippen LogP contribution in [0.5, 0.6) is 0 Å². The van der Waals surface area contributed by atoms with Crippen LogP contribution < -0.4 is 5.73 Å². The van der Waals surface area contributed by atoms with Gasteiger partial charge in [-0.25, -0.2) is 4.98 Å². The zero-order chi connectivity index (χ0) is 11.4. The number of likely N-dealkylation sites (tertiary alicyclic amines) is 1. The van der Waals surface area contributed by atoms with Gasteiger partial charge < -0.3 is 15.1 Å². The van der Waals surface area contributed by atoms with Crippen molar-refractivity contribution < 1.29 is 4.42 Å². The molecule has 0 spiro atoms. The van der Waals surface area contributed by atoms with Crippen molar-refractivity contribution in [2.75, 3.05) is 13.1 Å². The minimum atomic E-state index is 0.440. The Hall–Kier alpha value is -0.870. The first kappa shape index (κ1) is 11.6. The van der Waals surface area contributed by atoms with Crippen LogP contribution in [0.3, 0.4) is 0 Å². The van der Waals surface area contributed by atoms with E-state index in [0.717, 1.165) is 24.6 Å². The van der Waals surface area contributed by atoms with Crippen molar-refractivity contribution in [1.29, 1.82) is 0 Å². The van der Waals surface area contributed by atoms with Crippen molar-refractivity contribution in [3.05, 3.63) is 17.8 Å². The molecule has 2 rings (SSSR count). The molecular formula is C12H21N3O. The Balaban J connectivity index is 1.96. The van der Waals surface area contributed by atoms with E-state index in [1.807, 2.05) is 0 Å². The van der Waals surface area contributed by atoms with Gasteiger partial charge in [-0.15, -0.1) is 0 Å². The van der Waals surface area contributed by atoms with Crippen LogP contribution in [0, 0.1) is 0 Å². The predicted octanol–water partition coefficient (Wildman–Crippen LogP) is 1.55. The number of piperidine rings is 1. The smallest absolute Gasteiger partial charge is 0.195 e. The quantitative estimate of drug-likeness (QED) is 0.841. The van der Waals surface area contributed by atoms with E-state index >= 15 is 0 Å². The number of oxazole rings is 1. The molecule has 1 aromatic heterocycles. The lowest BCUT2D eigenvalue weighted by Gasteiger charge is -2.34. The summed E-state index contributed by atoms with van der Waals surface area (Å²) in [5.74, 6) is 1.62. The summed E-state index contributed by atoms with van der Waals surface area (Å²) >= 11 is 0. The Bertz CT molecular complexity index is 324. The largest absolute Gasteiger partial charge is 0.444 e. The van der Waals surface area contributed by atoms with Crippen LogP contribution in [-0.2, 0) is 13.0 Å². The van der Waals surface area contributed by atoms with Crippen molar-refractivity contribution in [2.45, 2.75) is 45.2 Å². The minimum Gasteiger partial charge on any atom is -0.444 e. The van der Waals surface area contributed by atoms with E-state index in [2.05, 4.69) is 16.8 Å². The Kier molecular flexibility index (Phi) is 3.96. The molecule has 0 bridgehead atoms. The summed E-state index contributed by atoms with van der Waals surface area (Å²) in [5, 5.41) is 0. The van der Waals surface area contributed by atoms with Crippen molar-refractivity contribution in [3.8, 4) is 0 Å². The summed E-state index contributed by atoms with van der Waals surface area (Å²) in [7, 11) is 0.